The smallest absolute Gasteiger partial charge is 0.457 e. The number of hydrogen-bond donors (Lipinski definition) is 2. The highest BCUT2D eigenvalue weighted by Gasteiger charge is 2.25. The largest absolute Gasteiger partial charge is 0.472 e. The van der Waals surface area contributed by atoms with Gasteiger partial charge in [-0.3, -0.25) is 13.8 Å². The number of esters is 1. The maximum Gasteiger partial charge on any atom is 0.472 e. The van der Waals surface area contributed by atoms with Crippen molar-refractivity contribution in [2.75, 3.05) is 33.0 Å². The molecule has 9 heteroatoms. The number of carbonyl (C=O) groups is 1. The van der Waals surface area contributed by atoms with E-state index in [4.69, 9.17) is 24.3 Å². The molecule has 302 valence electrons. The Morgan fingerprint density at radius 3 is 1.53 bits per heavy atom. The molecule has 0 saturated carbocycles. The third-order valence-electron chi connectivity index (χ3n) is 9.12. The van der Waals surface area contributed by atoms with Crippen LogP contribution in [0.5, 0.6) is 0 Å². The Morgan fingerprint density at radius 2 is 1.04 bits per heavy atom. The van der Waals surface area contributed by atoms with Gasteiger partial charge < -0.3 is 20.1 Å². The fourth-order valence-corrected chi connectivity index (χ4v) is 6.73. The van der Waals surface area contributed by atoms with Crippen molar-refractivity contribution in [3.05, 3.63) is 24.3 Å². The van der Waals surface area contributed by atoms with Crippen molar-refractivity contribution in [2.45, 2.75) is 206 Å². The number of phosphoric ester groups is 1. The highest BCUT2D eigenvalue weighted by atomic mass is 31.2. The van der Waals surface area contributed by atoms with Crippen LogP contribution in [0, 0.1) is 0 Å². The molecule has 0 aliphatic rings. The molecule has 0 bridgehead atoms. The molecule has 2 atom stereocenters. The van der Waals surface area contributed by atoms with Crippen LogP contribution in [0.15, 0.2) is 24.3 Å². The quantitative estimate of drug-likeness (QED) is 0.0275. The molecule has 0 spiro atoms. The van der Waals surface area contributed by atoms with E-state index in [2.05, 4.69) is 38.2 Å². The minimum Gasteiger partial charge on any atom is -0.457 e. The predicted octanol–water partition coefficient (Wildman–Crippen LogP) is 12.5. The fourth-order valence-electron chi connectivity index (χ4n) is 5.97. The van der Waals surface area contributed by atoms with Crippen LogP contribution in [0.3, 0.4) is 0 Å². The van der Waals surface area contributed by atoms with E-state index in [9.17, 15) is 14.3 Å². The summed E-state index contributed by atoms with van der Waals surface area (Å²) in [6.07, 6.45) is 43.6. The number of phosphoric acid groups is 1. The third kappa shape index (κ3) is 40.0. The predicted molar refractivity (Wildman–Crippen MR) is 215 cm³/mol. The van der Waals surface area contributed by atoms with Gasteiger partial charge in [0.1, 0.15) is 6.10 Å². The lowest BCUT2D eigenvalue weighted by atomic mass is 10.0. The minimum absolute atomic E-state index is 0.0938. The Kier molecular flexibility index (Phi) is 39.4. The first-order valence-corrected chi connectivity index (χ1v) is 22.8. The van der Waals surface area contributed by atoms with Gasteiger partial charge in [0, 0.05) is 19.6 Å². The van der Waals surface area contributed by atoms with Crippen LogP contribution in [0.2, 0.25) is 0 Å². The average Bonchev–Trinajstić information content (AvgIpc) is 3.12. The Labute approximate surface area is 315 Å². The van der Waals surface area contributed by atoms with Crippen molar-refractivity contribution in [1.82, 2.24) is 0 Å². The first-order valence-electron chi connectivity index (χ1n) is 21.3. The number of hydrogen-bond acceptors (Lipinski definition) is 7. The second kappa shape index (κ2) is 40.2. The Hall–Kier alpha value is -1.02. The maximum atomic E-state index is 12.5. The van der Waals surface area contributed by atoms with Crippen LogP contribution in [0.4, 0.5) is 0 Å². The van der Waals surface area contributed by atoms with Gasteiger partial charge in [0.05, 0.1) is 19.8 Å². The van der Waals surface area contributed by atoms with Crippen molar-refractivity contribution in [3.63, 3.8) is 0 Å². The molecule has 0 aliphatic carbocycles. The zero-order valence-electron chi connectivity index (χ0n) is 33.3. The zero-order valence-corrected chi connectivity index (χ0v) is 34.2. The van der Waals surface area contributed by atoms with E-state index < -0.39 is 13.9 Å². The van der Waals surface area contributed by atoms with E-state index in [1.165, 1.54) is 141 Å². The van der Waals surface area contributed by atoms with Crippen LogP contribution in [-0.4, -0.2) is 49.9 Å². The highest BCUT2D eigenvalue weighted by Crippen LogP contribution is 2.43. The number of allylic oxidation sites excluding steroid dienone is 4. The van der Waals surface area contributed by atoms with Crippen LogP contribution < -0.4 is 5.73 Å². The maximum absolute atomic E-state index is 12.5. The van der Waals surface area contributed by atoms with Crippen molar-refractivity contribution in [2.24, 2.45) is 5.73 Å². The lowest BCUT2D eigenvalue weighted by Gasteiger charge is -2.20. The van der Waals surface area contributed by atoms with Crippen molar-refractivity contribution < 1.29 is 32.8 Å². The zero-order chi connectivity index (χ0) is 37.4. The fraction of sp³-hybridized carbons (Fsp3) is 0.881. The summed E-state index contributed by atoms with van der Waals surface area (Å²) in [5, 5.41) is 0. The van der Waals surface area contributed by atoms with E-state index in [0.717, 1.165) is 38.5 Å². The van der Waals surface area contributed by atoms with E-state index in [0.29, 0.717) is 13.0 Å². The van der Waals surface area contributed by atoms with Crippen LogP contribution in [0.1, 0.15) is 200 Å². The molecule has 51 heavy (non-hydrogen) atoms. The SMILES string of the molecule is CCCCCCC/C=C\C/C=C\CCCCCCCCCCCCCCOCC(COP(=O)(O)OCCN)OC(=O)CCCCCCCCCC. The Balaban J connectivity index is 3.85. The first-order chi connectivity index (χ1) is 24.9. The molecule has 0 heterocycles. The van der Waals surface area contributed by atoms with E-state index in [1.807, 2.05) is 0 Å². The first kappa shape index (κ1) is 50.0. The summed E-state index contributed by atoms with van der Waals surface area (Å²) in [7, 11) is -4.26. The molecule has 0 aromatic carbocycles. The molecular formula is C42H82NO7P. The summed E-state index contributed by atoms with van der Waals surface area (Å²) < 4.78 is 33.3. The van der Waals surface area contributed by atoms with E-state index in [1.54, 1.807) is 0 Å². The van der Waals surface area contributed by atoms with Gasteiger partial charge in [-0.2, -0.15) is 0 Å². The second-order valence-corrected chi connectivity index (χ2v) is 15.7. The summed E-state index contributed by atoms with van der Waals surface area (Å²) in [4.78, 5) is 22.3. The van der Waals surface area contributed by atoms with Gasteiger partial charge in [-0.05, 0) is 44.9 Å². The summed E-state index contributed by atoms with van der Waals surface area (Å²) in [5.74, 6) is -0.334. The Bertz CT molecular complexity index is 838. The van der Waals surface area contributed by atoms with Gasteiger partial charge in [-0.15, -0.1) is 0 Å². The molecule has 0 aromatic heterocycles. The third-order valence-corrected chi connectivity index (χ3v) is 10.1. The van der Waals surface area contributed by atoms with Gasteiger partial charge in [0.2, 0.25) is 0 Å². The van der Waals surface area contributed by atoms with Crippen molar-refractivity contribution in [1.29, 1.82) is 0 Å². The number of rotatable bonds is 41. The van der Waals surface area contributed by atoms with Gasteiger partial charge in [0.15, 0.2) is 0 Å². The topological polar surface area (TPSA) is 117 Å². The van der Waals surface area contributed by atoms with Gasteiger partial charge in [-0.25, -0.2) is 4.57 Å². The van der Waals surface area contributed by atoms with Crippen molar-refractivity contribution >= 4 is 13.8 Å². The van der Waals surface area contributed by atoms with Crippen LogP contribution in [-0.2, 0) is 27.9 Å². The number of ether oxygens (including phenoxy) is 2. The lowest BCUT2D eigenvalue weighted by molar-refractivity contribution is -0.154. The lowest BCUT2D eigenvalue weighted by Crippen LogP contribution is -2.28. The molecule has 0 aromatic rings. The Morgan fingerprint density at radius 1 is 0.588 bits per heavy atom. The summed E-state index contributed by atoms with van der Waals surface area (Å²) in [5.41, 5.74) is 5.35. The molecule has 0 rings (SSSR count). The van der Waals surface area contributed by atoms with E-state index in [-0.39, 0.29) is 32.3 Å². The summed E-state index contributed by atoms with van der Waals surface area (Å²) >= 11 is 0. The summed E-state index contributed by atoms with van der Waals surface area (Å²) in [6, 6.07) is 0. The molecule has 0 saturated heterocycles. The molecule has 2 unspecified atom stereocenters. The molecule has 3 N–H and O–H groups in total. The van der Waals surface area contributed by atoms with Gasteiger partial charge >= 0.3 is 13.8 Å². The second-order valence-electron chi connectivity index (χ2n) is 14.2. The molecule has 0 radical (unpaired) electrons. The van der Waals surface area contributed by atoms with Crippen molar-refractivity contribution in [3.8, 4) is 0 Å². The number of nitrogens with two attached hydrogens (primary N) is 1. The van der Waals surface area contributed by atoms with Gasteiger partial charge in [-0.1, -0.05) is 173 Å². The average molecular weight is 744 g/mol. The van der Waals surface area contributed by atoms with Gasteiger partial charge in [0.25, 0.3) is 0 Å². The monoisotopic (exact) mass is 744 g/mol. The molecule has 0 fully saturated rings. The molecular weight excluding hydrogens is 661 g/mol. The molecule has 8 nitrogen and oxygen atoms in total. The molecule has 0 aliphatic heterocycles. The number of unbranched alkanes of at least 4 members (excludes halogenated alkanes) is 24. The van der Waals surface area contributed by atoms with E-state index >= 15 is 0 Å². The molecule has 0 amide bonds. The number of carbonyl (C=O) groups excluding carboxylic acids is 1. The highest BCUT2D eigenvalue weighted by molar-refractivity contribution is 7.47. The van der Waals surface area contributed by atoms with Crippen LogP contribution >= 0.6 is 7.82 Å². The normalized spacial score (nSPS) is 13.7. The standard InChI is InChI=1S/C42H82NO7P/c1-3-5-7-9-11-13-14-15-16-17-18-19-20-21-22-23-24-25-26-27-28-30-32-34-37-47-39-41(40-49-51(45,46)48-38-36-43)50-42(44)35-33-31-29-12-10-8-6-4-2/h14-15,17-18,41H,3-13,16,19-40,43H2,1-2H3,(H,45,46)/b15-14-,18-17-. The summed E-state index contributed by atoms with van der Waals surface area (Å²) in [6.45, 7) is 4.89. The van der Waals surface area contributed by atoms with Crippen LogP contribution in [0.25, 0.3) is 0 Å². The minimum atomic E-state index is -4.26.